The van der Waals surface area contributed by atoms with Gasteiger partial charge in [-0.2, -0.15) is 0 Å². The minimum Gasteiger partial charge on any atom is -0.480 e. The van der Waals surface area contributed by atoms with E-state index in [0.717, 1.165) is 6.26 Å². The van der Waals surface area contributed by atoms with Crippen LogP contribution in [-0.2, 0) is 14.6 Å². The molecule has 0 fully saturated rings. The number of hydrogen-bond donors (Lipinski definition) is 2. The van der Waals surface area contributed by atoms with Gasteiger partial charge in [0.15, 0.2) is 5.76 Å². The van der Waals surface area contributed by atoms with Gasteiger partial charge in [-0.05, 0) is 25.5 Å². The minimum absolute atomic E-state index is 0.0110. The largest absolute Gasteiger partial charge is 0.480 e. The summed E-state index contributed by atoms with van der Waals surface area (Å²) in [7, 11) is -3.29. The third-order valence-electron chi connectivity index (χ3n) is 2.34. The number of amides is 1. The number of furan rings is 1. The van der Waals surface area contributed by atoms with Gasteiger partial charge < -0.3 is 14.8 Å². The van der Waals surface area contributed by atoms with Crippen LogP contribution in [0.5, 0.6) is 0 Å². The van der Waals surface area contributed by atoms with Gasteiger partial charge in [0, 0.05) is 6.26 Å². The Balaban J connectivity index is 2.68. The number of aliphatic carboxylic acids is 1. The molecular weight excluding hydrogens is 274 g/mol. The topological polar surface area (TPSA) is 114 Å². The summed E-state index contributed by atoms with van der Waals surface area (Å²) in [5.41, 5.74) is 0. The number of rotatable bonds is 6. The molecule has 2 N–H and O–H groups in total. The number of carboxylic acid groups (broad SMARTS) is 1. The lowest BCUT2D eigenvalue weighted by Gasteiger charge is -2.12. The molecule has 0 saturated heterocycles. The SMILES string of the molecule is Cc1ccc(C(=O)NC(CCS(C)(=O)=O)C(=O)O)o1. The van der Waals surface area contributed by atoms with E-state index in [2.05, 4.69) is 5.32 Å². The maximum absolute atomic E-state index is 11.7. The molecule has 1 unspecified atom stereocenters. The highest BCUT2D eigenvalue weighted by Gasteiger charge is 2.23. The van der Waals surface area contributed by atoms with Crippen LogP contribution in [0.1, 0.15) is 22.7 Å². The number of nitrogens with one attached hydrogen (secondary N) is 1. The Labute approximate surface area is 110 Å². The van der Waals surface area contributed by atoms with Gasteiger partial charge in [0.1, 0.15) is 21.6 Å². The van der Waals surface area contributed by atoms with Gasteiger partial charge in [0.25, 0.3) is 5.91 Å². The second-order valence-electron chi connectivity index (χ2n) is 4.19. The van der Waals surface area contributed by atoms with Crippen molar-refractivity contribution < 1.29 is 27.5 Å². The van der Waals surface area contributed by atoms with Crippen molar-refractivity contribution in [3.63, 3.8) is 0 Å². The van der Waals surface area contributed by atoms with E-state index in [0.29, 0.717) is 5.76 Å². The molecule has 0 spiro atoms. The van der Waals surface area contributed by atoms with Crippen molar-refractivity contribution in [3.8, 4) is 0 Å². The molecule has 1 aromatic heterocycles. The molecule has 1 aromatic rings. The fraction of sp³-hybridized carbons (Fsp3) is 0.455. The second kappa shape index (κ2) is 5.87. The van der Waals surface area contributed by atoms with Crippen molar-refractivity contribution in [2.45, 2.75) is 19.4 Å². The Kier molecular flexibility index (Phi) is 4.71. The van der Waals surface area contributed by atoms with Crippen molar-refractivity contribution in [1.82, 2.24) is 5.32 Å². The Hall–Kier alpha value is -1.83. The van der Waals surface area contributed by atoms with Crippen molar-refractivity contribution in [1.29, 1.82) is 0 Å². The zero-order valence-electron chi connectivity index (χ0n) is 10.5. The highest BCUT2D eigenvalue weighted by Crippen LogP contribution is 2.07. The summed E-state index contributed by atoms with van der Waals surface area (Å²) in [6, 6.07) is 1.72. The summed E-state index contributed by atoms with van der Waals surface area (Å²) < 4.78 is 27.0. The molecule has 0 aromatic carbocycles. The number of hydrogen-bond acceptors (Lipinski definition) is 5. The molecule has 0 aliphatic carbocycles. The summed E-state index contributed by atoms with van der Waals surface area (Å²) in [4.78, 5) is 22.6. The molecule has 8 heteroatoms. The first-order valence-corrected chi connectivity index (χ1v) is 7.53. The number of carboxylic acids is 1. The highest BCUT2D eigenvalue weighted by atomic mass is 32.2. The Morgan fingerprint density at radius 1 is 1.42 bits per heavy atom. The van der Waals surface area contributed by atoms with Crippen LogP contribution in [0.25, 0.3) is 0 Å². The summed E-state index contributed by atoms with van der Waals surface area (Å²) in [5, 5.41) is 11.2. The third-order valence-corrected chi connectivity index (χ3v) is 3.32. The molecule has 7 nitrogen and oxygen atoms in total. The van der Waals surface area contributed by atoms with Crippen molar-refractivity contribution in [2.75, 3.05) is 12.0 Å². The lowest BCUT2D eigenvalue weighted by atomic mass is 10.2. The molecular formula is C11H15NO6S. The van der Waals surface area contributed by atoms with E-state index in [9.17, 15) is 18.0 Å². The lowest BCUT2D eigenvalue weighted by molar-refractivity contribution is -0.139. The first-order chi connectivity index (χ1) is 8.69. The van der Waals surface area contributed by atoms with Gasteiger partial charge in [0.05, 0.1) is 5.75 Å². The number of aryl methyl sites for hydroxylation is 1. The van der Waals surface area contributed by atoms with Gasteiger partial charge in [-0.1, -0.05) is 0 Å². The van der Waals surface area contributed by atoms with E-state index in [1.165, 1.54) is 6.07 Å². The predicted octanol–water partition coefficient (Wildman–Crippen LogP) is 0.206. The standard InChI is InChI=1S/C11H15NO6S/c1-7-3-4-9(18-7)10(13)12-8(11(14)15)5-6-19(2,16)17/h3-4,8H,5-6H2,1-2H3,(H,12,13)(H,14,15). The molecule has 0 radical (unpaired) electrons. The fourth-order valence-corrected chi connectivity index (χ4v) is 2.04. The van der Waals surface area contributed by atoms with Crippen LogP contribution in [0.4, 0.5) is 0 Å². The number of carbonyl (C=O) groups is 2. The van der Waals surface area contributed by atoms with Gasteiger partial charge in [-0.3, -0.25) is 4.79 Å². The van der Waals surface area contributed by atoms with E-state index in [1.54, 1.807) is 13.0 Å². The van der Waals surface area contributed by atoms with Crippen LogP contribution in [0.3, 0.4) is 0 Å². The van der Waals surface area contributed by atoms with E-state index < -0.39 is 27.8 Å². The van der Waals surface area contributed by atoms with Gasteiger partial charge in [-0.15, -0.1) is 0 Å². The fourth-order valence-electron chi connectivity index (χ4n) is 1.38. The molecule has 0 aliphatic rings. The normalized spacial score (nSPS) is 12.9. The molecule has 0 aliphatic heterocycles. The molecule has 106 valence electrons. The monoisotopic (exact) mass is 289 g/mol. The van der Waals surface area contributed by atoms with E-state index in [4.69, 9.17) is 9.52 Å². The van der Waals surface area contributed by atoms with Crippen LogP contribution in [-0.4, -0.2) is 43.5 Å². The van der Waals surface area contributed by atoms with E-state index in [1.807, 2.05) is 0 Å². The smallest absolute Gasteiger partial charge is 0.326 e. The van der Waals surface area contributed by atoms with Crippen LogP contribution in [0.15, 0.2) is 16.5 Å². The molecule has 0 saturated carbocycles. The van der Waals surface area contributed by atoms with Gasteiger partial charge in [-0.25, -0.2) is 13.2 Å². The average molecular weight is 289 g/mol. The summed E-state index contributed by atoms with van der Waals surface area (Å²) in [5.74, 6) is -1.79. The maximum atomic E-state index is 11.7. The molecule has 1 atom stereocenters. The first-order valence-electron chi connectivity index (χ1n) is 5.47. The maximum Gasteiger partial charge on any atom is 0.326 e. The molecule has 1 heterocycles. The minimum atomic E-state index is -3.29. The quantitative estimate of drug-likeness (QED) is 0.773. The molecule has 19 heavy (non-hydrogen) atoms. The Bertz CT molecular complexity index is 574. The first kappa shape index (κ1) is 15.2. The molecule has 0 bridgehead atoms. The average Bonchev–Trinajstić information content (AvgIpc) is 2.69. The second-order valence-corrected chi connectivity index (χ2v) is 6.45. The van der Waals surface area contributed by atoms with E-state index >= 15 is 0 Å². The highest BCUT2D eigenvalue weighted by molar-refractivity contribution is 7.90. The van der Waals surface area contributed by atoms with Crippen molar-refractivity contribution in [2.24, 2.45) is 0 Å². The van der Waals surface area contributed by atoms with Crippen LogP contribution < -0.4 is 5.32 Å². The van der Waals surface area contributed by atoms with Crippen molar-refractivity contribution in [3.05, 3.63) is 23.7 Å². The zero-order chi connectivity index (χ0) is 14.6. The predicted molar refractivity (Wildman–Crippen MR) is 66.7 cm³/mol. The number of sulfone groups is 1. The summed E-state index contributed by atoms with van der Waals surface area (Å²) in [6.45, 7) is 1.65. The van der Waals surface area contributed by atoms with Crippen LogP contribution >= 0.6 is 0 Å². The molecule has 1 amide bonds. The summed E-state index contributed by atoms with van der Waals surface area (Å²) in [6.07, 6.45) is 0.809. The Morgan fingerprint density at radius 2 is 2.05 bits per heavy atom. The zero-order valence-corrected chi connectivity index (χ0v) is 11.4. The van der Waals surface area contributed by atoms with Crippen LogP contribution in [0, 0.1) is 6.92 Å². The molecule has 1 rings (SSSR count). The summed E-state index contributed by atoms with van der Waals surface area (Å²) >= 11 is 0. The Morgan fingerprint density at radius 3 is 2.47 bits per heavy atom. The third kappa shape index (κ3) is 5.12. The number of carbonyl (C=O) groups excluding carboxylic acids is 1. The van der Waals surface area contributed by atoms with E-state index in [-0.39, 0.29) is 17.9 Å². The lowest BCUT2D eigenvalue weighted by Crippen LogP contribution is -2.41. The van der Waals surface area contributed by atoms with Crippen molar-refractivity contribution >= 4 is 21.7 Å². The van der Waals surface area contributed by atoms with Crippen LogP contribution in [0.2, 0.25) is 0 Å². The van der Waals surface area contributed by atoms with Gasteiger partial charge >= 0.3 is 5.97 Å². The van der Waals surface area contributed by atoms with Gasteiger partial charge in [0.2, 0.25) is 0 Å².